The highest BCUT2D eigenvalue weighted by Gasteiger charge is 2.31. The van der Waals surface area contributed by atoms with Crippen LogP contribution in [0.4, 0.5) is 4.79 Å². The van der Waals surface area contributed by atoms with Gasteiger partial charge in [-0.25, -0.2) is 9.59 Å². The van der Waals surface area contributed by atoms with Crippen LogP contribution < -0.4 is 10.6 Å². The van der Waals surface area contributed by atoms with Gasteiger partial charge in [0.15, 0.2) is 0 Å². The Kier molecular flexibility index (Phi) is 9.77. The maximum atomic E-state index is 12.8. The molecule has 8 nitrogen and oxygen atoms in total. The first-order chi connectivity index (χ1) is 15.2. The summed E-state index contributed by atoms with van der Waals surface area (Å²) in [5.74, 6) is -1.52. The number of alkyl carbamates (subject to hydrolysis) is 1. The van der Waals surface area contributed by atoms with Gasteiger partial charge in [0.25, 0.3) is 0 Å². The Morgan fingerprint density at radius 1 is 1.06 bits per heavy atom. The number of carbonyl (C=O) groups excluding carboxylic acids is 3. The van der Waals surface area contributed by atoms with E-state index in [1.807, 2.05) is 6.07 Å². The standard InChI is InChI=1S/C22H24Cl2N2O6/c1-13(27)19(26-22(30)32-12-14-6-4-3-5-7-14)20(28)25-18(21(29)31-2)10-15-8-9-16(23)11-17(15)24/h3-9,11,13,18-19,27H,10,12H2,1-2H3,(H,25,28)(H,26,30)/t13-,18-,19+/m1/s1. The topological polar surface area (TPSA) is 114 Å². The number of ether oxygens (including phenoxy) is 2. The summed E-state index contributed by atoms with van der Waals surface area (Å²) in [6.07, 6.45) is -2.15. The molecule has 2 aromatic carbocycles. The summed E-state index contributed by atoms with van der Waals surface area (Å²) in [6.45, 7) is 1.31. The molecule has 0 aromatic heterocycles. The summed E-state index contributed by atoms with van der Waals surface area (Å²) in [6, 6.07) is 11.2. The molecular formula is C22H24Cl2N2O6. The Labute approximate surface area is 195 Å². The van der Waals surface area contributed by atoms with E-state index in [4.69, 9.17) is 32.7 Å². The lowest BCUT2D eigenvalue weighted by atomic mass is 10.0. The lowest BCUT2D eigenvalue weighted by molar-refractivity contribution is -0.145. The third-order valence-corrected chi connectivity index (χ3v) is 5.08. The quantitative estimate of drug-likeness (QED) is 0.473. The summed E-state index contributed by atoms with van der Waals surface area (Å²) >= 11 is 12.1. The minimum absolute atomic E-state index is 0.0132. The molecule has 0 bridgehead atoms. The zero-order chi connectivity index (χ0) is 23.7. The third kappa shape index (κ3) is 7.71. The Bertz CT molecular complexity index is 939. The summed E-state index contributed by atoms with van der Waals surface area (Å²) < 4.78 is 9.85. The van der Waals surface area contributed by atoms with Gasteiger partial charge in [0.05, 0.1) is 13.2 Å². The molecule has 2 rings (SSSR count). The van der Waals surface area contributed by atoms with Crippen molar-refractivity contribution in [2.24, 2.45) is 0 Å². The molecule has 172 valence electrons. The molecule has 0 unspecified atom stereocenters. The Morgan fingerprint density at radius 2 is 1.75 bits per heavy atom. The molecule has 0 spiro atoms. The number of methoxy groups -OCH3 is 1. The van der Waals surface area contributed by atoms with Crippen LogP contribution in [0.5, 0.6) is 0 Å². The van der Waals surface area contributed by atoms with E-state index < -0.39 is 36.2 Å². The maximum Gasteiger partial charge on any atom is 0.408 e. The van der Waals surface area contributed by atoms with Crippen molar-refractivity contribution >= 4 is 41.2 Å². The van der Waals surface area contributed by atoms with Crippen LogP contribution >= 0.6 is 23.2 Å². The van der Waals surface area contributed by atoms with Crippen LogP contribution in [0.2, 0.25) is 10.0 Å². The largest absolute Gasteiger partial charge is 0.467 e. The van der Waals surface area contributed by atoms with Gasteiger partial charge in [-0.2, -0.15) is 0 Å². The van der Waals surface area contributed by atoms with Gasteiger partial charge in [-0.05, 0) is 30.2 Å². The molecule has 2 aromatic rings. The van der Waals surface area contributed by atoms with E-state index in [9.17, 15) is 19.5 Å². The van der Waals surface area contributed by atoms with Gasteiger partial charge in [0, 0.05) is 16.5 Å². The molecule has 0 aliphatic heterocycles. The molecule has 0 aliphatic rings. The number of carbonyl (C=O) groups is 3. The summed E-state index contributed by atoms with van der Waals surface area (Å²) in [5.41, 5.74) is 1.31. The molecule has 0 aliphatic carbocycles. The van der Waals surface area contributed by atoms with E-state index in [-0.39, 0.29) is 13.0 Å². The van der Waals surface area contributed by atoms with E-state index in [1.54, 1.807) is 36.4 Å². The van der Waals surface area contributed by atoms with Gasteiger partial charge in [0.1, 0.15) is 18.7 Å². The fraction of sp³-hybridized carbons (Fsp3) is 0.318. The highest BCUT2D eigenvalue weighted by Crippen LogP contribution is 2.22. The van der Waals surface area contributed by atoms with Crippen molar-refractivity contribution in [2.75, 3.05) is 7.11 Å². The molecule has 32 heavy (non-hydrogen) atoms. The summed E-state index contributed by atoms with van der Waals surface area (Å²) in [4.78, 5) is 37.1. The van der Waals surface area contributed by atoms with Crippen LogP contribution in [0.15, 0.2) is 48.5 Å². The average molecular weight is 483 g/mol. The Hall–Kier alpha value is -2.81. The van der Waals surface area contributed by atoms with Crippen molar-refractivity contribution in [3.8, 4) is 0 Å². The first kappa shape index (κ1) is 25.5. The van der Waals surface area contributed by atoms with Crippen LogP contribution in [0.1, 0.15) is 18.1 Å². The van der Waals surface area contributed by atoms with Gasteiger partial charge in [-0.1, -0.05) is 59.6 Å². The van der Waals surface area contributed by atoms with Crippen LogP contribution in [-0.4, -0.2) is 48.4 Å². The highest BCUT2D eigenvalue weighted by molar-refractivity contribution is 6.35. The van der Waals surface area contributed by atoms with E-state index in [1.165, 1.54) is 20.1 Å². The predicted molar refractivity (Wildman–Crippen MR) is 119 cm³/mol. The fourth-order valence-corrected chi connectivity index (χ4v) is 3.29. The molecule has 0 fully saturated rings. The first-order valence-corrected chi connectivity index (χ1v) is 10.4. The number of aliphatic hydroxyl groups excluding tert-OH is 1. The fourth-order valence-electron chi connectivity index (χ4n) is 2.80. The third-order valence-electron chi connectivity index (χ3n) is 4.49. The summed E-state index contributed by atoms with van der Waals surface area (Å²) in [5, 5.41) is 15.5. The van der Waals surface area contributed by atoms with Crippen molar-refractivity contribution in [2.45, 2.75) is 38.1 Å². The zero-order valence-electron chi connectivity index (χ0n) is 17.5. The van der Waals surface area contributed by atoms with Gasteiger partial charge in [-0.15, -0.1) is 0 Å². The molecule has 2 amide bonds. The molecule has 0 radical (unpaired) electrons. The second-order valence-electron chi connectivity index (χ2n) is 6.95. The molecule has 10 heteroatoms. The van der Waals surface area contributed by atoms with Gasteiger partial charge < -0.3 is 25.2 Å². The SMILES string of the molecule is COC(=O)[C@@H](Cc1ccc(Cl)cc1Cl)NC(=O)[C@@H](NC(=O)OCc1ccccc1)[C@@H](C)O. The van der Waals surface area contributed by atoms with Crippen LogP contribution in [0.25, 0.3) is 0 Å². The van der Waals surface area contributed by atoms with Gasteiger partial charge in [-0.3, -0.25) is 4.79 Å². The van der Waals surface area contributed by atoms with Crippen LogP contribution in [-0.2, 0) is 32.1 Å². The Morgan fingerprint density at radius 3 is 2.34 bits per heavy atom. The number of hydrogen-bond donors (Lipinski definition) is 3. The van der Waals surface area contributed by atoms with Crippen molar-refractivity contribution in [1.29, 1.82) is 0 Å². The number of halogens is 2. The number of benzene rings is 2. The number of aliphatic hydroxyl groups is 1. The van der Waals surface area contributed by atoms with E-state index in [0.717, 1.165) is 5.56 Å². The monoisotopic (exact) mass is 482 g/mol. The minimum Gasteiger partial charge on any atom is -0.467 e. The molecule has 3 atom stereocenters. The second kappa shape index (κ2) is 12.3. The Balaban J connectivity index is 2.05. The maximum absolute atomic E-state index is 12.8. The smallest absolute Gasteiger partial charge is 0.408 e. The average Bonchev–Trinajstić information content (AvgIpc) is 2.77. The number of nitrogens with one attached hydrogen (secondary N) is 2. The van der Waals surface area contributed by atoms with Crippen LogP contribution in [0.3, 0.4) is 0 Å². The lowest BCUT2D eigenvalue weighted by Crippen LogP contribution is -2.56. The van der Waals surface area contributed by atoms with Crippen LogP contribution in [0, 0.1) is 0 Å². The molecule has 0 heterocycles. The number of amides is 2. The van der Waals surface area contributed by atoms with E-state index >= 15 is 0 Å². The van der Waals surface area contributed by atoms with Crippen molar-refractivity contribution in [1.82, 2.24) is 10.6 Å². The van der Waals surface area contributed by atoms with Gasteiger partial charge in [0.2, 0.25) is 5.91 Å². The number of rotatable bonds is 9. The first-order valence-electron chi connectivity index (χ1n) is 9.68. The normalized spacial score (nSPS) is 13.4. The predicted octanol–water partition coefficient (Wildman–Crippen LogP) is 2.87. The van der Waals surface area contributed by atoms with E-state index in [0.29, 0.717) is 15.6 Å². The molecular weight excluding hydrogens is 459 g/mol. The summed E-state index contributed by atoms with van der Waals surface area (Å²) in [7, 11) is 1.18. The van der Waals surface area contributed by atoms with Crippen molar-refractivity contribution < 1.29 is 29.0 Å². The van der Waals surface area contributed by atoms with Crippen molar-refractivity contribution in [3.63, 3.8) is 0 Å². The van der Waals surface area contributed by atoms with Crippen molar-refractivity contribution in [3.05, 3.63) is 69.7 Å². The zero-order valence-corrected chi connectivity index (χ0v) is 19.0. The van der Waals surface area contributed by atoms with E-state index in [2.05, 4.69) is 10.6 Å². The highest BCUT2D eigenvalue weighted by atomic mass is 35.5. The second-order valence-corrected chi connectivity index (χ2v) is 7.79. The number of hydrogen-bond acceptors (Lipinski definition) is 6. The molecule has 0 saturated heterocycles. The number of esters is 1. The molecule has 3 N–H and O–H groups in total. The van der Waals surface area contributed by atoms with Gasteiger partial charge >= 0.3 is 12.1 Å². The molecule has 0 saturated carbocycles. The lowest BCUT2D eigenvalue weighted by Gasteiger charge is -2.24. The minimum atomic E-state index is -1.37.